The molecule has 1 saturated heterocycles. The van der Waals surface area contributed by atoms with Crippen molar-refractivity contribution in [1.29, 1.82) is 0 Å². The number of hydrogen-bond acceptors (Lipinski definition) is 10. The third kappa shape index (κ3) is 8.01. The lowest BCUT2D eigenvalue weighted by Gasteiger charge is -2.36. The number of cyclic esters (lactones) is 1. The van der Waals surface area contributed by atoms with Gasteiger partial charge in [0.1, 0.15) is 23.2 Å². The van der Waals surface area contributed by atoms with Crippen LogP contribution in [0.2, 0.25) is 0 Å². The van der Waals surface area contributed by atoms with Crippen LogP contribution in [-0.4, -0.2) is 92.4 Å². The summed E-state index contributed by atoms with van der Waals surface area (Å²) in [6.07, 6.45) is 6.10. The molecule has 52 heavy (non-hydrogen) atoms. The van der Waals surface area contributed by atoms with E-state index in [1.165, 1.54) is 15.8 Å². The van der Waals surface area contributed by atoms with Gasteiger partial charge in [-0.15, -0.1) is 16.8 Å². The molecule has 2 aliphatic heterocycles. The summed E-state index contributed by atoms with van der Waals surface area (Å²) >= 11 is 0. The Bertz CT molecular complexity index is 1850. The van der Waals surface area contributed by atoms with Gasteiger partial charge in [0.25, 0.3) is 5.91 Å². The summed E-state index contributed by atoms with van der Waals surface area (Å²) in [6, 6.07) is 5.14. The van der Waals surface area contributed by atoms with Crippen LogP contribution >= 0.6 is 0 Å². The number of carbonyl (C=O) groups is 4. The van der Waals surface area contributed by atoms with Gasteiger partial charge in [-0.05, 0) is 81.1 Å². The molecule has 282 valence electrons. The van der Waals surface area contributed by atoms with Crippen LogP contribution in [0.3, 0.4) is 0 Å². The van der Waals surface area contributed by atoms with E-state index in [0.29, 0.717) is 25.1 Å². The van der Waals surface area contributed by atoms with Crippen LogP contribution in [0, 0.1) is 11.3 Å². The van der Waals surface area contributed by atoms with E-state index in [-0.39, 0.29) is 19.4 Å². The second-order valence-electron chi connectivity index (χ2n) is 16.4. The van der Waals surface area contributed by atoms with Crippen LogP contribution in [0.15, 0.2) is 36.9 Å². The summed E-state index contributed by atoms with van der Waals surface area (Å²) in [6.45, 7) is 12.9. The van der Waals surface area contributed by atoms with Gasteiger partial charge in [0.2, 0.25) is 27.7 Å². The highest BCUT2D eigenvalue weighted by Gasteiger charge is 2.62. The fourth-order valence-electron chi connectivity index (χ4n) is 7.17. The van der Waals surface area contributed by atoms with Crippen molar-refractivity contribution in [1.82, 2.24) is 40.5 Å². The van der Waals surface area contributed by atoms with E-state index < -0.39 is 79.7 Å². The number of aryl methyl sites for hydroxylation is 1. The summed E-state index contributed by atoms with van der Waals surface area (Å²) in [5.74, 6) is -2.13. The topological polar surface area (TPSA) is 195 Å². The molecular formula is C36H50N8O7S. The van der Waals surface area contributed by atoms with Gasteiger partial charge < -0.3 is 20.3 Å². The average molecular weight is 739 g/mol. The van der Waals surface area contributed by atoms with Crippen LogP contribution in [0.25, 0.3) is 11.4 Å². The van der Waals surface area contributed by atoms with Gasteiger partial charge in [0.05, 0.1) is 11.3 Å². The summed E-state index contributed by atoms with van der Waals surface area (Å²) in [7, 11) is -3.89. The second kappa shape index (κ2) is 13.9. The van der Waals surface area contributed by atoms with Crippen molar-refractivity contribution < 1.29 is 32.3 Å². The molecule has 3 fully saturated rings. The van der Waals surface area contributed by atoms with Gasteiger partial charge in [-0.25, -0.2) is 13.2 Å². The molecule has 4 aliphatic rings. The molecule has 1 aromatic heterocycles. The summed E-state index contributed by atoms with van der Waals surface area (Å²) < 4.78 is 33.4. The van der Waals surface area contributed by atoms with Crippen molar-refractivity contribution in [3.8, 4) is 11.4 Å². The average Bonchev–Trinajstić information content (AvgIpc) is 3.94. The highest BCUT2D eigenvalue weighted by atomic mass is 32.2. The van der Waals surface area contributed by atoms with Crippen LogP contribution < -0.4 is 15.4 Å². The van der Waals surface area contributed by atoms with Gasteiger partial charge in [-0.3, -0.25) is 19.1 Å². The molecule has 3 N–H and O–H groups in total. The Morgan fingerprint density at radius 2 is 1.88 bits per heavy atom. The Hall–Kier alpha value is -4.34. The third-order valence-electron chi connectivity index (χ3n) is 10.5. The van der Waals surface area contributed by atoms with Crippen molar-refractivity contribution >= 4 is 33.8 Å². The number of nitrogens with zero attached hydrogens (tertiary/aromatic N) is 5. The van der Waals surface area contributed by atoms with E-state index in [2.05, 4.69) is 43.4 Å². The van der Waals surface area contributed by atoms with Crippen LogP contribution in [0.1, 0.15) is 97.6 Å². The third-order valence-corrected chi connectivity index (χ3v) is 12.4. The number of fused-ring (bicyclic) bond motifs is 8. The van der Waals surface area contributed by atoms with E-state index in [4.69, 9.17) is 4.74 Å². The standard InChI is InChI=1S/C36H50N8O7S/c1-7-24-20-36(24,32(47)41-52(49,50)26-15-16-26)38-30(45)27-19-25-21-43(27)31(46)28(34(2,3)4)37-33(48)51-35(5,6)17-10-8-9-12-22-13-11-14-23(18-22)29-39-42-44(25)40-29/h7,11,13-14,18,24-28H,1,8-10,12,15-17,19-21H2,2-6H3,(H,37,48)(H,38,45)(H,41,47)/t24-,25-,27+,28-,36-/m1/s1. The first-order valence-corrected chi connectivity index (χ1v) is 19.7. The number of hydrogen-bond donors (Lipinski definition) is 3. The van der Waals surface area contributed by atoms with Gasteiger partial charge in [0.15, 0.2) is 0 Å². The first kappa shape index (κ1) is 37.4. The SMILES string of the molecule is C=C[C@@H]1C[C@]1(NC(=O)[C@@H]1C[C@@H]2CN1C(=O)[C@H](C(C)(C)C)NC(=O)OC(C)(C)CCCCCc1cccc(c1)-c1nnn2n1)C(=O)NS(=O)(=O)C1CC1. The Balaban J connectivity index is 1.33. The highest BCUT2D eigenvalue weighted by Crippen LogP contribution is 2.46. The maximum atomic E-state index is 14.6. The van der Waals surface area contributed by atoms with Gasteiger partial charge in [0, 0.05) is 24.4 Å². The quantitative estimate of drug-likeness (QED) is 0.371. The molecular weight excluding hydrogens is 689 g/mol. The predicted octanol–water partition coefficient (Wildman–Crippen LogP) is 3.19. The number of amides is 4. The molecule has 4 amide bonds. The van der Waals surface area contributed by atoms with Crippen LogP contribution in [0.5, 0.6) is 0 Å². The van der Waals surface area contributed by atoms with Crippen molar-refractivity contribution in [2.45, 2.75) is 127 Å². The molecule has 6 bridgehead atoms. The molecule has 2 saturated carbocycles. The van der Waals surface area contributed by atoms with Crippen molar-refractivity contribution in [3.63, 3.8) is 0 Å². The number of carbonyl (C=O) groups excluding carboxylic acids is 4. The predicted molar refractivity (Wildman–Crippen MR) is 191 cm³/mol. The van der Waals surface area contributed by atoms with E-state index in [0.717, 1.165) is 36.8 Å². The highest BCUT2D eigenvalue weighted by molar-refractivity contribution is 7.91. The largest absolute Gasteiger partial charge is 0.444 e. The number of tetrazole rings is 1. The maximum Gasteiger partial charge on any atom is 0.408 e. The summed E-state index contributed by atoms with van der Waals surface area (Å²) in [4.78, 5) is 58.5. The zero-order valence-corrected chi connectivity index (χ0v) is 31.4. The Kier molecular flexibility index (Phi) is 10.0. The smallest absolute Gasteiger partial charge is 0.408 e. The molecule has 1 aromatic carbocycles. The number of rotatable bonds is 6. The number of aromatic nitrogens is 4. The van der Waals surface area contributed by atoms with Gasteiger partial charge in [-0.1, -0.05) is 51.5 Å². The summed E-state index contributed by atoms with van der Waals surface area (Å²) in [5, 5.41) is 18.3. The molecule has 15 nitrogen and oxygen atoms in total. The number of sulfonamides is 1. The Morgan fingerprint density at radius 3 is 2.56 bits per heavy atom. The van der Waals surface area contributed by atoms with E-state index >= 15 is 0 Å². The van der Waals surface area contributed by atoms with E-state index in [1.54, 1.807) is 20.8 Å². The number of benzene rings is 1. The zero-order valence-electron chi connectivity index (χ0n) is 30.6. The molecule has 3 heterocycles. The monoisotopic (exact) mass is 738 g/mol. The minimum Gasteiger partial charge on any atom is -0.444 e. The maximum absolute atomic E-state index is 14.6. The molecule has 16 heteroatoms. The fraction of sp³-hybridized carbons (Fsp3) is 0.639. The number of alkyl carbamates (subject to hydrolysis) is 1. The minimum atomic E-state index is -3.89. The zero-order chi connectivity index (χ0) is 37.6. The van der Waals surface area contributed by atoms with Crippen LogP contribution in [-0.2, 0) is 35.6 Å². The Morgan fingerprint density at radius 1 is 1.13 bits per heavy atom. The lowest BCUT2D eigenvalue weighted by Crippen LogP contribution is -2.60. The van der Waals surface area contributed by atoms with E-state index in [1.807, 2.05) is 32.0 Å². The first-order chi connectivity index (χ1) is 24.4. The minimum absolute atomic E-state index is 0.00169. The van der Waals surface area contributed by atoms with E-state index in [9.17, 15) is 27.6 Å². The lowest BCUT2D eigenvalue weighted by atomic mass is 9.85. The molecule has 2 aliphatic carbocycles. The normalized spacial score (nSPS) is 28.2. The summed E-state index contributed by atoms with van der Waals surface area (Å²) in [5.41, 5.74) is -1.22. The fourth-order valence-corrected chi connectivity index (χ4v) is 8.54. The molecule has 0 spiro atoms. The van der Waals surface area contributed by atoms with Crippen molar-refractivity contribution in [2.75, 3.05) is 6.54 Å². The number of nitrogens with one attached hydrogen (secondary N) is 3. The van der Waals surface area contributed by atoms with Crippen molar-refractivity contribution in [2.24, 2.45) is 11.3 Å². The molecule has 0 unspecified atom stereocenters. The lowest BCUT2D eigenvalue weighted by molar-refractivity contribution is -0.143. The van der Waals surface area contributed by atoms with Crippen molar-refractivity contribution in [3.05, 3.63) is 42.5 Å². The van der Waals surface area contributed by atoms with Crippen LogP contribution in [0.4, 0.5) is 4.79 Å². The first-order valence-electron chi connectivity index (χ1n) is 18.1. The molecule has 0 radical (unpaired) electrons. The number of ether oxygens (including phenoxy) is 1. The van der Waals surface area contributed by atoms with Gasteiger partial charge in [-0.2, -0.15) is 4.80 Å². The molecule has 5 atom stereocenters. The Labute approximate surface area is 304 Å². The molecule has 6 rings (SSSR count). The van der Waals surface area contributed by atoms with Gasteiger partial charge >= 0.3 is 6.09 Å². The second-order valence-corrected chi connectivity index (χ2v) is 18.3. The molecule has 2 aromatic rings.